The largest absolute Gasteiger partial charge is 0.384 e. The van der Waals surface area contributed by atoms with Crippen molar-refractivity contribution < 1.29 is 13.2 Å². The highest BCUT2D eigenvalue weighted by atomic mass is 32.2. The molecule has 0 spiro atoms. The first kappa shape index (κ1) is 14.9. The van der Waals surface area contributed by atoms with E-state index in [1.165, 1.54) is 7.11 Å². The Bertz CT molecular complexity index is 300. The molecule has 1 N–H and O–H groups in total. The Labute approximate surface area is 105 Å². The van der Waals surface area contributed by atoms with Crippen LogP contribution >= 0.6 is 0 Å². The molecule has 1 unspecified atom stereocenters. The van der Waals surface area contributed by atoms with Crippen LogP contribution in [0.4, 0.5) is 0 Å². The van der Waals surface area contributed by atoms with E-state index in [-0.39, 0.29) is 12.4 Å². The molecular weight excluding hydrogens is 240 g/mol. The Hall–Kier alpha value is -0.170. The van der Waals surface area contributed by atoms with Gasteiger partial charge < -0.3 is 10.1 Å². The first-order chi connectivity index (χ1) is 8.10. The minimum Gasteiger partial charge on any atom is -0.384 e. The maximum atomic E-state index is 12.1. The number of hydrogen-bond donors (Lipinski definition) is 1. The molecule has 1 saturated heterocycles. The van der Waals surface area contributed by atoms with Gasteiger partial charge in [-0.1, -0.05) is 6.92 Å². The summed E-state index contributed by atoms with van der Waals surface area (Å²) in [4.78, 5) is 0. The molecule has 0 aromatic heterocycles. The summed E-state index contributed by atoms with van der Waals surface area (Å²) in [5, 5.41) is 3.34. The molecule has 1 atom stereocenters. The van der Waals surface area contributed by atoms with E-state index in [1.807, 2.05) is 6.92 Å². The van der Waals surface area contributed by atoms with Crippen LogP contribution in [0.1, 0.15) is 26.2 Å². The molecule has 0 aliphatic carbocycles. The minimum absolute atomic E-state index is 0.0796. The van der Waals surface area contributed by atoms with Crippen molar-refractivity contribution >= 4 is 10.0 Å². The summed E-state index contributed by atoms with van der Waals surface area (Å²) in [5.74, 6) is 0.0796. The summed E-state index contributed by atoms with van der Waals surface area (Å²) in [5.41, 5.74) is 0. The highest BCUT2D eigenvalue weighted by molar-refractivity contribution is 7.89. The number of rotatable bonds is 8. The standard InChI is InChI=1S/C11H24N2O3S/c1-3-7-13(10-11-5-4-6-12-11)17(14,15)9-8-16-2/h11-12H,3-10H2,1-2H3. The number of nitrogens with zero attached hydrogens (tertiary/aromatic N) is 1. The Balaban J connectivity index is 2.56. The van der Waals surface area contributed by atoms with Gasteiger partial charge in [-0.15, -0.1) is 0 Å². The van der Waals surface area contributed by atoms with Crippen LogP contribution in [0.25, 0.3) is 0 Å². The topological polar surface area (TPSA) is 58.6 Å². The third kappa shape index (κ3) is 4.91. The number of hydrogen-bond acceptors (Lipinski definition) is 4. The maximum absolute atomic E-state index is 12.1. The minimum atomic E-state index is -3.17. The molecule has 17 heavy (non-hydrogen) atoms. The average Bonchev–Trinajstić information content (AvgIpc) is 2.79. The van der Waals surface area contributed by atoms with E-state index in [2.05, 4.69) is 5.32 Å². The lowest BCUT2D eigenvalue weighted by Crippen LogP contribution is -2.43. The van der Waals surface area contributed by atoms with Gasteiger partial charge in [0.2, 0.25) is 10.0 Å². The first-order valence-corrected chi connectivity index (χ1v) is 7.91. The second-order valence-corrected chi connectivity index (χ2v) is 6.55. The zero-order valence-corrected chi connectivity index (χ0v) is 11.6. The first-order valence-electron chi connectivity index (χ1n) is 6.30. The highest BCUT2D eigenvalue weighted by Crippen LogP contribution is 2.11. The average molecular weight is 264 g/mol. The van der Waals surface area contributed by atoms with E-state index in [0.29, 0.717) is 19.1 Å². The van der Waals surface area contributed by atoms with E-state index in [4.69, 9.17) is 4.74 Å². The van der Waals surface area contributed by atoms with E-state index < -0.39 is 10.0 Å². The van der Waals surface area contributed by atoms with Gasteiger partial charge in [0.25, 0.3) is 0 Å². The Kier molecular flexibility index (Phi) is 6.40. The highest BCUT2D eigenvalue weighted by Gasteiger charge is 2.25. The van der Waals surface area contributed by atoms with Crippen LogP contribution in [-0.4, -0.2) is 57.9 Å². The van der Waals surface area contributed by atoms with Gasteiger partial charge in [-0.25, -0.2) is 12.7 Å². The van der Waals surface area contributed by atoms with Crippen molar-refractivity contribution in [1.82, 2.24) is 9.62 Å². The smallest absolute Gasteiger partial charge is 0.216 e. The zero-order valence-electron chi connectivity index (χ0n) is 10.8. The van der Waals surface area contributed by atoms with Crippen LogP contribution in [-0.2, 0) is 14.8 Å². The van der Waals surface area contributed by atoms with Gasteiger partial charge in [-0.2, -0.15) is 0 Å². The lowest BCUT2D eigenvalue weighted by Gasteiger charge is -2.24. The van der Waals surface area contributed by atoms with Crippen molar-refractivity contribution in [3.05, 3.63) is 0 Å². The number of sulfonamides is 1. The number of nitrogens with one attached hydrogen (secondary N) is 1. The molecule has 0 bridgehead atoms. The van der Waals surface area contributed by atoms with Crippen molar-refractivity contribution in [2.24, 2.45) is 0 Å². The molecule has 102 valence electrons. The predicted molar refractivity (Wildman–Crippen MR) is 68.6 cm³/mol. The van der Waals surface area contributed by atoms with Crippen molar-refractivity contribution in [2.45, 2.75) is 32.2 Å². The summed E-state index contributed by atoms with van der Waals surface area (Å²) in [6, 6.07) is 0.318. The van der Waals surface area contributed by atoms with Crippen LogP contribution in [0.5, 0.6) is 0 Å². The van der Waals surface area contributed by atoms with Crippen molar-refractivity contribution in [3.63, 3.8) is 0 Å². The Morgan fingerprint density at radius 3 is 2.76 bits per heavy atom. The van der Waals surface area contributed by atoms with E-state index in [0.717, 1.165) is 25.8 Å². The molecule has 5 nitrogen and oxygen atoms in total. The third-order valence-electron chi connectivity index (χ3n) is 3.00. The molecule has 1 aliphatic rings. The van der Waals surface area contributed by atoms with Gasteiger partial charge in [-0.3, -0.25) is 0 Å². The molecule has 1 rings (SSSR count). The summed E-state index contributed by atoms with van der Waals surface area (Å²) >= 11 is 0. The summed E-state index contributed by atoms with van der Waals surface area (Å²) in [7, 11) is -1.64. The molecule has 0 aromatic carbocycles. The Morgan fingerprint density at radius 1 is 1.47 bits per heavy atom. The van der Waals surface area contributed by atoms with Crippen LogP contribution in [0, 0.1) is 0 Å². The molecule has 0 aromatic rings. The van der Waals surface area contributed by atoms with Gasteiger partial charge in [0.15, 0.2) is 0 Å². The van der Waals surface area contributed by atoms with Crippen molar-refractivity contribution in [1.29, 1.82) is 0 Å². The fraction of sp³-hybridized carbons (Fsp3) is 1.00. The molecule has 6 heteroatoms. The quantitative estimate of drug-likeness (QED) is 0.690. The molecule has 1 aliphatic heterocycles. The van der Waals surface area contributed by atoms with Crippen molar-refractivity contribution in [3.8, 4) is 0 Å². The van der Waals surface area contributed by atoms with Crippen LogP contribution in [0.3, 0.4) is 0 Å². The van der Waals surface area contributed by atoms with E-state index in [1.54, 1.807) is 4.31 Å². The Morgan fingerprint density at radius 2 is 2.24 bits per heavy atom. The van der Waals surface area contributed by atoms with Crippen LogP contribution in [0.2, 0.25) is 0 Å². The van der Waals surface area contributed by atoms with Gasteiger partial charge in [0, 0.05) is 26.2 Å². The predicted octanol–water partition coefficient (Wildman–Crippen LogP) is 0.427. The molecule has 0 saturated carbocycles. The molecule has 1 heterocycles. The number of methoxy groups -OCH3 is 1. The molecular formula is C11H24N2O3S. The summed E-state index contributed by atoms with van der Waals surface area (Å²) in [6.07, 6.45) is 3.06. The molecule has 1 fully saturated rings. The number of ether oxygens (including phenoxy) is 1. The second-order valence-electron chi connectivity index (χ2n) is 4.46. The van der Waals surface area contributed by atoms with E-state index in [9.17, 15) is 8.42 Å². The van der Waals surface area contributed by atoms with Gasteiger partial charge in [0.1, 0.15) is 0 Å². The van der Waals surface area contributed by atoms with Crippen LogP contribution < -0.4 is 5.32 Å². The molecule has 0 radical (unpaired) electrons. The third-order valence-corrected chi connectivity index (χ3v) is 4.80. The van der Waals surface area contributed by atoms with Gasteiger partial charge in [0.05, 0.1) is 12.4 Å². The summed E-state index contributed by atoms with van der Waals surface area (Å²) in [6.45, 7) is 4.47. The van der Waals surface area contributed by atoms with Gasteiger partial charge in [-0.05, 0) is 25.8 Å². The fourth-order valence-electron chi connectivity index (χ4n) is 2.07. The lowest BCUT2D eigenvalue weighted by atomic mass is 10.2. The second kappa shape index (κ2) is 7.31. The normalized spacial score (nSPS) is 21.2. The SMILES string of the molecule is CCCN(CC1CCCN1)S(=O)(=O)CCOC. The maximum Gasteiger partial charge on any atom is 0.216 e. The van der Waals surface area contributed by atoms with Crippen LogP contribution in [0.15, 0.2) is 0 Å². The molecule has 0 amide bonds. The van der Waals surface area contributed by atoms with Crippen molar-refractivity contribution in [2.75, 3.05) is 39.1 Å². The van der Waals surface area contributed by atoms with Gasteiger partial charge >= 0.3 is 0 Å². The summed E-state index contributed by atoms with van der Waals surface area (Å²) < 4.78 is 30.6. The fourth-order valence-corrected chi connectivity index (χ4v) is 3.57. The monoisotopic (exact) mass is 264 g/mol. The van der Waals surface area contributed by atoms with E-state index >= 15 is 0 Å². The zero-order chi connectivity index (χ0) is 12.7. The lowest BCUT2D eigenvalue weighted by molar-refractivity contribution is 0.215.